The molecule has 1 aliphatic carbocycles. The Morgan fingerprint density at radius 1 is 1.15 bits per heavy atom. The van der Waals surface area contributed by atoms with Gasteiger partial charge in [0.1, 0.15) is 0 Å². The predicted molar refractivity (Wildman–Crippen MR) is 105 cm³/mol. The number of hydrogen-bond acceptors (Lipinski definition) is 4. The van der Waals surface area contributed by atoms with E-state index in [9.17, 15) is 8.42 Å². The Kier molecular flexibility index (Phi) is 6.83. The van der Waals surface area contributed by atoms with Crippen LogP contribution in [0, 0.1) is 11.3 Å². The first kappa shape index (κ1) is 19.9. The van der Waals surface area contributed by atoms with Crippen molar-refractivity contribution >= 4 is 15.8 Å². The van der Waals surface area contributed by atoms with Gasteiger partial charge in [-0.05, 0) is 43.4 Å². The summed E-state index contributed by atoms with van der Waals surface area (Å²) < 4.78 is 28.9. The molecule has 26 heavy (non-hydrogen) atoms. The number of aliphatic imine (C=N–C) groups is 1. The number of rotatable bonds is 5. The lowest BCUT2D eigenvalue weighted by Gasteiger charge is -2.32. The second-order valence-electron chi connectivity index (χ2n) is 8.72. The Labute approximate surface area is 158 Å². The van der Waals surface area contributed by atoms with Crippen LogP contribution in [0.5, 0.6) is 0 Å². The molecule has 1 unspecified atom stereocenters. The lowest BCUT2D eigenvalue weighted by Crippen LogP contribution is -2.46. The summed E-state index contributed by atoms with van der Waals surface area (Å²) in [7, 11) is -2.82. The topological polar surface area (TPSA) is 79.8 Å². The molecule has 3 rings (SSSR count). The van der Waals surface area contributed by atoms with Gasteiger partial charge in [0.25, 0.3) is 0 Å². The van der Waals surface area contributed by atoms with Crippen molar-refractivity contribution in [2.24, 2.45) is 16.3 Å². The number of hydrogen-bond donors (Lipinski definition) is 2. The lowest BCUT2D eigenvalue weighted by atomic mass is 9.82. The summed E-state index contributed by atoms with van der Waals surface area (Å²) in [6.07, 6.45) is 9.15. The minimum atomic E-state index is -2.82. The van der Waals surface area contributed by atoms with E-state index in [-0.39, 0.29) is 11.3 Å². The van der Waals surface area contributed by atoms with Gasteiger partial charge >= 0.3 is 0 Å². The summed E-state index contributed by atoms with van der Waals surface area (Å²) >= 11 is 0. The molecule has 0 aromatic rings. The van der Waals surface area contributed by atoms with E-state index in [1.54, 1.807) is 0 Å². The molecule has 0 bridgehead atoms. The lowest BCUT2D eigenvalue weighted by molar-refractivity contribution is 0.0283. The van der Waals surface area contributed by atoms with Crippen LogP contribution in [0.1, 0.15) is 58.3 Å². The fraction of sp³-hybridized carbons (Fsp3) is 0.947. The SMILES string of the molecule is CC1(CN=C(NCC2CCS(=O)(=O)C2)NC2CCCCC2)CCOCC1. The molecule has 0 spiro atoms. The van der Waals surface area contributed by atoms with Gasteiger partial charge in [0.15, 0.2) is 15.8 Å². The first-order chi connectivity index (χ1) is 12.4. The van der Waals surface area contributed by atoms with E-state index in [1.165, 1.54) is 32.1 Å². The van der Waals surface area contributed by atoms with E-state index in [4.69, 9.17) is 9.73 Å². The molecule has 2 heterocycles. The zero-order valence-corrected chi connectivity index (χ0v) is 17.0. The van der Waals surface area contributed by atoms with Gasteiger partial charge in [0.2, 0.25) is 0 Å². The normalized spacial score (nSPS) is 29.4. The maximum absolute atomic E-state index is 11.7. The summed E-state index contributed by atoms with van der Waals surface area (Å²) in [5, 5.41) is 7.06. The van der Waals surface area contributed by atoms with E-state index >= 15 is 0 Å². The number of guanidine groups is 1. The van der Waals surface area contributed by atoms with Crippen molar-refractivity contribution < 1.29 is 13.2 Å². The minimum absolute atomic E-state index is 0.204. The second-order valence-corrected chi connectivity index (χ2v) is 10.9. The third-order valence-electron chi connectivity index (χ3n) is 6.15. The van der Waals surface area contributed by atoms with Gasteiger partial charge in [-0.1, -0.05) is 26.2 Å². The smallest absolute Gasteiger partial charge is 0.191 e. The number of nitrogens with one attached hydrogen (secondary N) is 2. The molecular weight excluding hydrogens is 350 g/mol. The summed E-state index contributed by atoms with van der Waals surface area (Å²) in [4.78, 5) is 4.90. The highest BCUT2D eigenvalue weighted by Crippen LogP contribution is 2.30. The minimum Gasteiger partial charge on any atom is -0.381 e. The molecule has 2 aliphatic heterocycles. The fourth-order valence-electron chi connectivity index (χ4n) is 4.16. The van der Waals surface area contributed by atoms with Gasteiger partial charge in [-0.3, -0.25) is 4.99 Å². The second kappa shape index (κ2) is 8.91. The highest BCUT2D eigenvalue weighted by Gasteiger charge is 2.29. The average Bonchev–Trinajstić information content (AvgIpc) is 2.98. The molecule has 0 aromatic heterocycles. The Morgan fingerprint density at radius 2 is 1.88 bits per heavy atom. The molecule has 150 valence electrons. The summed E-state index contributed by atoms with van der Waals surface area (Å²) in [5.41, 5.74) is 0.204. The van der Waals surface area contributed by atoms with Crippen LogP contribution in [0.25, 0.3) is 0 Å². The van der Waals surface area contributed by atoms with E-state index < -0.39 is 9.84 Å². The molecule has 2 saturated heterocycles. The maximum atomic E-state index is 11.7. The van der Waals surface area contributed by atoms with Gasteiger partial charge in [-0.25, -0.2) is 8.42 Å². The third kappa shape index (κ3) is 6.12. The average molecular weight is 386 g/mol. The molecular formula is C19H35N3O3S. The largest absolute Gasteiger partial charge is 0.381 e. The number of sulfone groups is 1. The zero-order chi connectivity index (χ0) is 18.5. The molecule has 3 fully saturated rings. The van der Waals surface area contributed by atoms with Crippen LogP contribution in [0.15, 0.2) is 4.99 Å². The highest BCUT2D eigenvalue weighted by atomic mass is 32.2. The van der Waals surface area contributed by atoms with Crippen molar-refractivity contribution in [1.29, 1.82) is 0 Å². The first-order valence-electron chi connectivity index (χ1n) is 10.3. The van der Waals surface area contributed by atoms with Crippen LogP contribution in [-0.4, -0.2) is 58.2 Å². The Bertz CT molecular complexity index is 579. The molecule has 7 heteroatoms. The highest BCUT2D eigenvalue weighted by molar-refractivity contribution is 7.91. The van der Waals surface area contributed by atoms with Crippen molar-refractivity contribution in [3.05, 3.63) is 0 Å². The van der Waals surface area contributed by atoms with Gasteiger partial charge in [-0.2, -0.15) is 0 Å². The summed E-state index contributed by atoms with van der Waals surface area (Å²) in [5.74, 6) is 1.72. The monoisotopic (exact) mass is 385 g/mol. The molecule has 6 nitrogen and oxygen atoms in total. The third-order valence-corrected chi connectivity index (χ3v) is 7.99. The Hall–Kier alpha value is -0.820. The van der Waals surface area contributed by atoms with Crippen molar-refractivity contribution in [3.63, 3.8) is 0 Å². The Balaban J connectivity index is 1.57. The van der Waals surface area contributed by atoms with E-state index in [0.717, 1.165) is 45.0 Å². The number of ether oxygens (including phenoxy) is 1. The first-order valence-corrected chi connectivity index (χ1v) is 12.1. The van der Waals surface area contributed by atoms with E-state index in [1.807, 2.05) is 0 Å². The predicted octanol–water partition coefficient (Wildman–Crippen LogP) is 2.11. The van der Waals surface area contributed by atoms with E-state index in [2.05, 4.69) is 17.6 Å². The van der Waals surface area contributed by atoms with Crippen LogP contribution < -0.4 is 10.6 Å². The molecule has 0 radical (unpaired) electrons. The van der Waals surface area contributed by atoms with Gasteiger partial charge in [-0.15, -0.1) is 0 Å². The standard InChI is InChI=1S/C19H35N3O3S/c1-19(8-10-25-11-9-19)15-21-18(22-17-5-3-2-4-6-17)20-13-16-7-12-26(23,24)14-16/h16-17H,2-15H2,1H3,(H2,20,21,22). The quantitative estimate of drug-likeness (QED) is 0.560. The maximum Gasteiger partial charge on any atom is 0.191 e. The molecule has 3 aliphatic rings. The summed E-state index contributed by atoms with van der Waals surface area (Å²) in [6.45, 7) is 5.43. The summed E-state index contributed by atoms with van der Waals surface area (Å²) in [6, 6.07) is 0.491. The van der Waals surface area contributed by atoms with Crippen LogP contribution in [0.3, 0.4) is 0 Å². The van der Waals surface area contributed by atoms with Crippen molar-refractivity contribution in [3.8, 4) is 0 Å². The zero-order valence-electron chi connectivity index (χ0n) is 16.1. The van der Waals surface area contributed by atoms with Gasteiger partial charge < -0.3 is 15.4 Å². The van der Waals surface area contributed by atoms with Crippen molar-refractivity contribution in [1.82, 2.24) is 10.6 Å². The van der Waals surface area contributed by atoms with Gasteiger partial charge in [0.05, 0.1) is 11.5 Å². The molecule has 0 aromatic carbocycles. The molecule has 1 saturated carbocycles. The van der Waals surface area contributed by atoms with Crippen LogP contribution in [0.4, 0.5) is 0 Å². The fourth-order valence-corrected chi connectivity index (χ4v) is 6.02. The molecule has 0 amide bonds. The van der Waals surface area contributed by atoms with Crippen molar-refractivity contribution in [2.45, 2.75) is 64.3 Å². The van der Waals surface area contributed by atoms with Crippen LogP contribution >= 0.6 is 0 Å². The number of nitrogens with zero attached hydrogens (tertiary/aromatic N) is 1. The Morgan fingerprint density at radius 3 is 2.54 bits per heavy atom. The molecule has 1 atom stereocenters. The van der Waals surface area contributed by atoms with Gasteiger partial charge in [0, 0.05) is 32.3 Å². The van der Waals surface area contributed by atoms with Crippen LogP contribution in [-0.2, 0) is 14.6 Å². The van der Waals surface area contributed by atoms with Crippen molar-refractivity contribution in [2.75, 3.05) is 37.8 Å². The van der Waals surface area contributed by atoms with Crippen LogP contribution in [0.2, 0.25) is 0 Å². The molecule has 2 N–H and O–H groups in total. The van der Waals surface area contributed by atoms with E-state index in [0.29, 0.717) is 24.1 Å².